The van der Waals surface area contributed by atoms with Gasteiger partial charge in [0.25, 0.3) is 0 Å². The third-order valence-electron chi connectivity index (χ3n) is 5.01. The molecule has 0 spiro atoms. The fraction of sp³-hybridized carbons (Fsp3) is 0.160. The van der Waals surface area contributed by atoms with E-state index >= 15 is 0 Å². The number of rotatable bonds is 6. The van der Waals surface area contributed by atoms with Crippen molar-refractivity contribution >= 4 is 40.1 Å². The van der Waals surface area contributed by atoms with Gasteiger partial charge in [-0.3, -0.25) is 14.5 Å². The maximum Gasteiger partial charge on any atom is 0.238 e. The Bertz CT molecular complexity index is 1170. The van der Waals surface area contributed by atoms with Crippen LogP contribution in [0.5, 0.6) is 5.75 Å². The lowest BCUT2D eigenvalue weighted by molar-refractivity contribution is -0.129. The molecule has 1 saturated heterocycles. The van der Waals surface area contributed by atoms with Gasteiger partial charge in [-0.15, -0.1) is 0 Å². The summed E-state index contributed by atoms with van der Waals surface area (Å²) in [6, 6.07) is 22.3. The van der Waals surface area contributed by atoms with E-state index in [0.717, 1.165) is 5.56 Å². The molecule has 0 aromatic heterocycles. The number of aliphatic imine (C=N–C) groups is 1. The predicted molar refractivity (Wildman–Crippen MR) is 128 cm³/mol. The summed E-state index contributed by atoms with van der Waals surface area (Å²) in [5.74, 6) is -0.267. The van der Waals surface area contributed by atoms with Crippen molar-refractivity contribution in [2.75, 3.05) is 12.4 Å². The van der Waals surface area contributed by atoms with Crippen LogP contribution >= 0.6 is 11.8 Å². The largest absolute Gasteiger partial charge is 0.497 e. The number of carbonyl (C=O) groups is 2. The number of amides is 2. The Kier molecular flexibility index (Phi) is 7.04. The van der Waals surface area contributed by atoms with E-state index in [-0.39, 0.29) is 18.2 Å². The highest BCUT2D eigenvalue weighted by atomic mass is 32.2. The molecule has 0 aliphatic carbocycles. The molecule has 3 aromatic carbocycles. The van der Waals surface area contributed by atoms with Crippen molar-refractivity contribution in [1.82, 2.24) is 4.90 Å². The summed E-state index contributed by atoms with van der Waals surface area (Å²) >= 11 is 1.19. The zero-order chi connectivity index (χ0) is 23.2. The molecule has 1 heterocycles. The van der Waals surface area contributed by atoms with Gasteiger partial charge in [0.2, 0.25) is 11.8 Å². The average Bonchev–Trinajstić information content (AvgIpc) is 2.82. The van der Waals surface area contributed by atoms with Gasteiger partial charge in [-0.1, -0.05) is 48.2 Å². The molecule has 1 fully saturated rings. The normalized spacial score (nSPS) is 17.2. The van der Waals surface area contributed by atoms with Gasteiger partial charge in [-0.05, 0) is 48.0 Å². The zero-order valence-electron chi connectivity index (χ0n) is 17.9. The summed E-state index contributed by atoms with van der Waals surface area (Å²) < 4.78 is 18.8. The molecule has 168 valence electrons. The van der Waals surface area contributed by atoms with E-state index < -0.39 is 11.1 Å². The summed E-state index contributed by atoms with van der Waals surface area (Å²) in [5, 5.41) is 2.53. The van der Waals surface area contributed by atoms with Crippen LogP contribution in [0.15, 0.2) is 83.9 Å². The van der Waals surface area contributed by atoms with Gasteiger partial charge in [-0.25, -0.2) is 9.38 Å². The molecule has 33 heavy (non-hydrogen) atoms. The lowest BCUT2D eigenvalue weighted by atomic mass is 10.2. The minimum atomic E-state index is -0.668. The van der Waals surface area contributed by atoms with Gasteiger partial charge in [0, 0.05) is 12.1 Å². The van der Waals surface area contributed by atoms with E-state index in [2.05, 4.69) is 10.3 Å². The van der Waals surface area contributed by atoms with Crippen LogP contribution < -0.4 is 10.1 Å². The van der Waals surface area contributed by atoms with E-state index in [0.29, 0.717) is 28.8 Å². The molecule has 0 saturated carbocycles. The van der Waals surface area contributed by atoms with E-state index in [1.54, 1.807) is 48.4 Å². The molecule has 8 heteroatoms. The first-order chi connectivity index (χ1) is 16.0. The van der Waals surface area contributed by atoms with Crippen LogP contribution in [0, 0.1) is 5.82 Å². The molecule has 1 aliphatic heterocycles. The Balaban J connectivity index is 1.58. The van der Waals surface area contributed by atoms with Crippen molar-refractivity contribution in [3.8, 4) is 5.75 Å². The highest BCUT2D eigenvalue weighted by Crippen LogP contribution is 2.31. The summed E-state index contributed by atoms with van der Waals surface area (Å²) in [4.78, 5) is 32.1. The molecule has 4 rings (SSSR count). The summed E-state index contributed by atoms with van der Waals surface area (Å²) in [5.41, 5.74) is 1.91. The quantitative estimate of drug-likeness (QED) is 0.559. The van der Waals surface area contributed by atoms with Crippen molar-refractivity contribution in [1.29, 1.82) is 0 Å². The second-order valence-electron chi connectivity index (χ2n) is 7.37. The van der Waals surface area contributed by atoms with Gasteiger partial charge in [-0.2, -0.15) is 0 Å². The number of hydrogen-bond donors (Lipinski definition) is 1. The van der Waals surface area contributed by atoms with Crippen LogP contribution in [0.1, 0.15) is 12.0 Å². The average molecular weight is 464 g/mol. The van der Waals surface area contributed by atoms with E-state index in [1.807, 2.05) is 30.3 Å². The van der Waals surface area contributed by atoms with Crippen LogP contribution in [-0.4, -0.2) is 34.2 Å². The van der Waals surface area contributed by atoms with E-state index in [9.17, 15) is 14.0 Å². The molecule has 6 nitrogen and oxygen atoms in total. The number of hydrogen-bond acceptors (Lipinski definition) is 5. The fourth-order valence-electron chi connectivity index (χ4n) is 3.32. The Morgan fingerprint density at radius 3 is 2.58 bits per heavy atom. The number of nitrogens with zero attached hydrogens (tertiary/aromatic N) is 2. The number of amidine groups is 1. The van der Waals surface area contributed by atoms with Crippen LogP contribution in [0.2, 0.25) is 0 Å². The highest BCUT2D eigenvalue weighted by molar-refractivity contribution is 8.15. The minimum Gasteiger partial charge on any atom is -0.497 e. The summed E-state index contributed by atoms with van der Waals surface area (Å²) in [7, 11) is 1.57. The van der Waals surface area contributed by atoms with Crippen molar-refractivity contribution in [2.24, 2.45) is 4.99 Å². The molecule has 0 bridgehead atoms. The SMILES string of the molecule is COc1ccc(NC(=O)C2CC(=O)N(Cc3ccccc3)C(=Nc3cccc(F)c3)S2)cc1. The van der Waals surface area contributed by atoms with Gasteiger partial charge in [0.05, 0.1) is 19.3 Å². The number of halogens is 1. The smallest absolute Gasteiger partial charge is 0.238 e. The van der Waals surface area contributed by atoms with Gasteiger partial charge in [0.15, 0.2) is 5.17 Å². The predicted octanol–water partition coefficient (Wildman–Crippen LogP) is 4.99. The lowest BCUT2D eigenvalue weighted by Crippen LogP contribution is -2.44. The van der Waals surface area contributed by atoms with Crippen molar-refractivity contribution in [3.05, 3.63) is 90.2 Å². The molecule has 3 aromatic rings. The number of carbonyl (C=O) groups excluding carboxylic acids is 2. The number of anilines is 1. The Labute approximate surface area is 195 Å². The van der Waals surface area contributed by atoms with Gasteiger partial charge in [0.1, 0.15) is 16.8 Å². The first-order valence-corrected chi connectivity index (χ1v) is 11.2. The second-order valence-corrected chi connectivity index (χ2v) is 8.54. The van der Waals surface area contributed by atoms with E-state index in [4.69, 9.17) is 4.74 Å². The van der Waals surface area contributed by atoms with Crippen molar-refractivity contribution < 1.29 is 18.7 Å². The molecule has 1 aliphatic rings. The maximum absolute atomic E-state index is 13.7. The number of nitrogens with one attached hydrogen (secondary N) is 1. The molecule has 1 atom stereocenters. The Hall–Kier alpha value is -3.65. The minimum absolute atomic E-state index is 0.0294. The number of methoxy groups -OCH3 is 1. The maximum atomic E-state index is 13.7. The first kappa shape index (κ1) is 22.5. The van der Waals surface area contributed by atoms with Gasteiger partial charge >= 0.3 is 0 Å². The number of thioether (sulfide) groups is 1. The van der Waals surface area contributed by atoms with Gasteiger partial charge < -0.3 is 10.1 Å². The number of ether oxygens (including phenoxy) is 1. The fourth-order valence-corrected chi connectivity index (χ4v) is 4.41. The monoisotopic (exact) mass is 463 g/mol. The molecule has 1 N–H and O–H groups in total. The number of benzene rings is 3. The molecule has 1 unspecified atom stereocenters. The molecule has 2 amide bonds. The second kappa shape index (κ2) is 10.3. The Morgan fingerprint density at radius 1 is 1.12 bits per heavy atom. The molecular weight excluding hydrogens is 441 g/mol. The zero-order valence-corrected chi connectivity index (χ0v) is 18.7. The Morgan fingerprint density at radius 2 is 1.88 bits per heavy atom. The van der Waals surface area contributed by atoms with Crippen molar-refractivity contribution in [2.45, 2.75) is 18.2 Å². The highest BCUT2D eigenvalue weighted by Gasteiger charge is 2.36. The molecule has 0 radical (unpaired) electrons. The molecular formula is C25H22FN3O3S. The summed E-state index contributed by atoms with van der Waals surface area (Å²) in [6.45, 7) is 0.313. The van der Waals surface area contributed by atoms with Crippen LogP contribution in [-0.2, 0) is 16.1 Å². The van der Waals surface area contributed by atoms with Crippen LogP contribution in [0.3, 0.4) is 0 Å². The standard InChI is InChI=1S/C25H22FN3O3S/c1-32-21-12-10-19(11-13-21)27-24(31)22-15-23(30)29(16-17-6-3-2-4-7-17)25(33-22)28-20-9-5-8-18(26)14-20/h2-14,22H,15-16H2,1H3,(H,27,31). The van der Waals surface area contributed by atoms with Crippen molar-refractivity contribution in [3.63, 3.8) is 0 Å². The lowest BCUT2D eigenvalue weighted by Gasteiger charge is -2.32. The van der Waals surface area contributed by atoms with Crippen LogP contribution in [0.25, 0.3) is 0 Å². The third kappa shape index (κ3) is 5.78. The van der Waals surface area contributed by atoms with E-state index in [1.165, 1.54) is 23.9 Å². The third-order valence-corrected chi connectivity index (χ3v) is 6.19. The summed E-state index contributed by atoms with van der Waals surface area (Å²) in [6.07, 6.45) is 0.0294. The van der Waals surface area contributed by atoms with Crippen LogP contribution in [0.4, 0.5) is 15.8 Å². The topological polar surface area (TPSA) is 71.0 Å². The first-order valence-electron chi connectivity index (χ1n) is 10.3.